The van der Waals surface area contributed by atoms with Crippen LogP contribution in [-0.2, 0) is 6.42 Å². The van der Waals surface area contributed by atoms with Crippen molar-refractivity contribution in [3.8, 4) is 5.88 Å². The summed E-state index contributed by atoms with van der Waals surface area (Å²) in [5, 5.41) is 14.4. The molecule has 1 aromatic heterocycles. The number of nitro groups is 1. The molecule has 1 aromatic rings. The zero-order valence-electron chi connectivity index (χ0n) is 13.2. The molecule has 0 fully saturated rings. The molecule has 0 bridgehead atoms. The van der Waals surface area contributed by atoms with Crippen LogP contribution in [0.1, 0.15) is 46.4 Å². The molecule has 0 aliphatic heterocycles. The first-order chi connectivity index (χ1) is 9.99. The second kappa shape index (κ2) is 8.39. The lowest BCUT2D eigenvalue weighted by molar-refractivity contribution is -0.385. The Balaban J connectivity index is 3.20. The molecule has 0 atom stereocenters. The zero-order chi connectivity index (χ0) is 15.8. The van der Waals surface area contributed by atoms with E-state index < -0.39 is 4.92 Å². The van der Waals surface area contributed by atoms with E-state index in [2.05, 4.69) is 15.3 Å². The molecule has 0 aliphatic carbocycles. The largest absolute Gasteiger partial charge is 0.473 e. The molecule has 21 heavy (non-hydrogen) atoms. The van der Waals surface area contributed by atoms with E-state index in [0.29, 0.717) is 31.3 Å². The highest BCUT2D eigenvalue weighted by Gasteiger charge is 2.26. The summed E-state index contributed by atoms with van der Waals surface area (Å²) in [4.78, 5) is 19.3. The molecule has 1 N–H and O–H groups in total. The minimum Gasteiger partial charge on any atom is -0.473 e. The van der Waals surface area contributed by atoms with Gasteiger partial charge in [-0.1, -0.05) is 27.7 Å². The number of nitrogens with one attached hydrogen (secondary N) is 1. The van der Waals surface area contributed by atoms with E-state index in [9.17, 15) is 10.1 Å². The second-order valence-corrected chi connectivity index (χ2v) is 5.27. The molecule has 0 saturated carbocycles. The highest BCUT2D eigenvalue weighted by atomic mass is 16.6. The van der Waals surface area contributed by atoms with Gasteiger partial charge in [-0.25, -0.2) is 4.98 Å². The van der Waals surface area contributed by atoms with Gasteiger partial charge in [0.05, 0.1) is 11.5 Å². The number of aromatic nitrogens is 2. The van der Waals surface area contributed by atoms with Gasteiger partial charge >= 0.3 is 5.69 Å². The third-order valence-corrected chi connectivity index (χ3v) is 2.68. The Kier molecular flexibility index (Phi) is 6.84. The Morgan fingerprint density at radius 2 is 2.00 bits per heavy atom. The minimum absolute atomic E-state index is 0.0616. The number of nitrogens with zero attached hydrogens (tertiary/aromatic N) is 3. The van der Waals surface area contributed by atoms with Gasteiger partial charge in [-0.15, -0.1) is 0 Å². The predicted octanol–water partition coefficient (Wildman–Crippen LogP) is 3.19. The second-order valence-electron chi connectivity index (χ2n) is 5.27. The molecule has 1 heterocycles. The standard InChI is InChI=1S/C14H24N4O3/c1-5-7-11-16-13(15-9-10(3)4)12(18(19)20)14(17-11)21-8-6-2/h10H,5-9H2,1-4H3,(H,15,16,17). The first kappa shape index (κ1) is 17.1. The molecule has 0 aliphatic rings. The van der Waals surface area contributed by atoms with Gasteiger partial charge in [-0.2, -0.15) is 4.98 Å². The van der Waals surface area contributed by atoms with E-state index in [1.807, 2.05) is 27.7 Å². The topological polar surface area (TPSA) is 90.2 Å². The molecule has 0 spiro atoms. The number of hydrogen-bond donors (Lipinski definition) is 1. The molecule has 118 valence electrons. The number of hydrogen-bond acceptors (Lipinski definition) is 6. The molecule has 0 unspecified atom stereocenters. The van der Waals surface area contributed by atoms with E-state index in [1.54, 1.807) is 0 Å². The Morgan fingerprint density at radius 1 is 1.29 bits per heavy atom. The maximum absolute atomic E-state index is 11.3. The van der Waals surface area contributed by atoms with Crippen molar-refractivity contribution >= 4 is 11.5 Å². The van der Waals surface area contributed by atoms with Crippen LogP contribution < -0.4 is 10.1 Å². The average Bonchev–Trinajstić information content (AvgIpc) is 2.42. The number of aryl methyl sites for hydroxylation is 1. The van der Waals surface area contributed by atoms with Crippen molar-refractivity contribution in [1.29, 1.82) is 0 Å². The van der Waals surface area contributed by atoms with E-state index in [1.165, 1.54) is 0 Å². The highest BCUT2D eigenvalue weighted by Crippen LogP contribution is 2.32. The predicted molar refractivity (Wildman–Crippen MR) is 81.8 cm³/mol. The zero-order valence-corrected chi connectivity index (χ0v) is 13.2. The highest BCUT2D eigenvalue weighted by molar-refractivity contribution is 5.61. The van der Waals surface area contributed by atoms with Crippen LogP contribution in [0, 0.1) is 16.0 Å². The normalized spacial score (nSPS) is 10.7. The van der Waals surface area contributed by atoms with Gasteiger partial charge < -0.3 is 10.1 Å². The lowest BCUT2D eigenvalue weighted by Crippen LogP contribution is -2.14. The van der Waals surface area contributed by atoms with Gasteiger partial charge in [0.15, 0.2) is 0 Å². The van der Waals surface area contributed by atoms with Crippen LogP contribution in [0.3, 0.4) is 0 Å². The summed E-state index contributed by atoms with van der Waals surface area (Å²) >= 11 is 0. The van der Waals surface area contributed by atoms with Crippen LogP contribution in [0.15, 0.2) is 0 Å². The van der Waals surface area contributed by atoms with Crippen LogP contribution >= 0.6 is 0 Å². The maximum Gasteiger partial charge on any atom is 0.372 e. The lowest BCUT2D eigenvalue weighted by atomic mass is 10.2. The Morgan fingerprint density at radius 3 is 2.52 bits per heavy atom. The van der Waals surface area contributed by atoms with Crippen molar-refractivity contribution in [2.24, 2.45) is 5.92 Å². The van der Waals surface area contributed by atoms with Crippen LogP contribution in [0.25, 0.3) is 0 Å². The monoisotopic (exact) mass is 296 g/mol. The summed E-state index contributed by atoms with van der Waals surface area (Å²) in [7, 11) is 0. The quantitative estimate of drug-likeness (QED) is 0.556. The molecular formula is C14H24N4O3. The molecular weight excluding hydrogens is 272 g/mol. The van der Waals surface area contributed by atoms with Crippen molar-refractivity contribution in [1.82, 2.24) is 9.97 Å². The number of anilines is 1. The van der Waals surface area contributed by atoms with Crippen LogP contribution in [0.2, 0.25) is 0 Å². The van der Waals surface area contributed by atoms with Gasteiger partial charge in [0.2, 0.25) is 5.82 Å². The van der Waals surface area contributed by atoms with Crippen molar-refractivity contribution in [2.45, 2.75) is 47.0 Å². The molecule has 0 aromatic carbocycles. The summed E-state index contributed by atoms with van der Waals surface area (Å²) in [6.07, 6.45) is 2.30. The summed E-state index contributed by atoms with van der Waals surface area (Å²) < 4.78 is 5.45. The van der Waals surface area contributed by atoms with E-state index >= 15 is 0 Å². The van der Waals surface area contributed by atoms with Crippen LogP contribution in [0.4, 0.5) is 11.5 Å². The fourth-order valence-electron chi connectivity index (χ4n) is 1.70. The summed E-state index contributed by atoms with van der Waals surface area (Å²) in [5.41, 5.74) is -0.177. The molecule has 7 nitrogen and oxygen atoms in total. The van der Waals surface area contributed by atoms with Gasteiger partial charge in [0.1, 0.15) is 5.82 Å². The van der Waals surface area contributed by atoms with Gasteiger partial charge in [0, 0.05) is 13.0 Å². The minimum atomic E-state index is -0.483. The third-order valence-electron chi connectivity index (χ3n) is 2.68. The van der Waals surface area contributed by atoms with Crippen molar-refractivity contribution in [3.63, 3.8) is 0 Å². The smallest absolute Gasteiger partial charge is 0.372 e. The van der Waals surface area contributed by atoms with Gasteiger partial charge in [-0.3, -0.25) is 10.1 Å². The van der Waals surface area contributed by atoms with Crippen LogP contribution in [-0.4, -0.2) is 28.0 Å². The summed E-state index contributed by atoms with van der Waals surface area (Å²) in [6, 6.07) is 0. The molecule has 0 amide bonds. The number of ether oxygens (including phenoxy) is 1. The molecule has 0 radical (unpaired) electrons. The van der Waals surface area contributed by atoms with E-state index in [-0.39, 0.29) is 17.4 Å². The van der Waals surface area contributed by atoms with Gasteiger partial charge in [-0.05, 0) is 18.8 Å². The Bertz CT molecular complexity index is 478. The Labute approximate surface area is 125 Å². The summed E-state index contributed by atoms with van der Waals surface area (Å²) in [6.45, 7) is 9.02. The van der Waals surface area contributed by atoms with E-state index in [4.69, 9.17) is 4.74 Å². The molecule has 1 rings (SSSR count). The Hall–Kier alpha value is -1.92. The van der Waals surface area contributed by atoms with Gasteiger partial charge in [0.25, 0.3) is 5.88 Å². The summed E-state index contributed by atoms with van der Waals surface area (Å²) in [5.74, 6) is 1.24. The fraction of sp³-hybridized carbons (Fsp3) is 0.714. The lowest BCUT2D eigenvalue weighted by Gasteiger charge is -2.12. The molecule has 0 saturated heterocycles. The van der Waals surface area contributed by atoms with Crippen molar-refractivity contribution in [3.05, 3.63) is 15.9 Å². The van der Waals surface area contributed by atoms with Crippen LogP contribution in [0.5, 0.6) is 5.88 Å². The van der Waals surface area contributed by atoms with E-state index in [0.717, 1.165) is 12.8 Å². The third kappa shape index (κ3) is 5.17. The first-order valence-corrected chi connectivity index (χ1v) is 7.41. The first-order valence-electron chi connectivity index (χ1n) is 7.41. The van der Waals surface area contributed by atoms with Crippen molar-refractivity contribution < 1.29 is 9.66 Å². The average molecular weight is 296 g/mol. The fourth-order valence-corrected chi connectivity index (χ4v) is 1.70. The van der Waals surface area contributed by atoms with Crippen molar-refractivity contribution in [2.75, 3.05) is 18.5 Å². The molecule has 7 heteroatoms. The maximum atomic E-state index is 11.3. The SMILES string of the molecule is CCCOc1nc(CCC)nc(NCC(C)C)c1[N+](=O)[O-]. The number of rotatable bonds is 9.